The van der Waals surface area contributed by atoms with Gasteiger partial charge in [0, 0.05) is 36.2 Å². The van der Waals surface area contributed by atoms with Crippen LogP contribution in [0.3, 0.4) is 0 Å². The summed E-state index contributed by atoms with van der Waals surface area (Å²) in [6, 6.07) is 11.9. The van der Waals surface area contributed by atoms with Gasteiger partial charge in [0.25, 0.3) is 5.91 Å². The van der Waals surface area contributed by atoms with E-state index in [1.54, 1.807) is 13.2 Å². The van der Waals surface area contributed by atoms with Gasteiger partial charge in [-0.2, -0.15) is 0 Å². The highest BCUT2D eigenvalue weighted by Crippen LogP contribution is 2.49. The number of nitrogens with one attached hydrogen (secondary N) is 1. The zero-order chi connectivity index (χ0) is 30.4. The zero-order valence-corrected chi connectivity index (χ0v) is 27.1. The summed E-state index contributed by atoms with van der Waals surface area (Å²) in [5, 5.41) is 11.3. The molecule has 0 aromatic heterocycles. The fourth-order valence-electron chi connectivity index (χ4n) is 8.13. The molecule has 43 heavy (non-hydrogen) atoms. The first-order chi connectivity index (χ1) is 20.7. The third kappa shape index (κ3) is 5.73. The molecular weight excluding hydrogens is 584 g/mol. The van der Waals surface area contributed by atoms with Crippen LogP contribution in [0.5, 0.6) is 5.75 Å². The quantitative estimate of drug-likeness (QED) is 0.436. The van der Waals surface area contributed by atoms with Crippen molar-refractivity contribution in [3.05, 3.63) is 58.1 Å². The molecule has 2 heterocycles. The third-order valence-corrected chi connectivity index (χ3v) is 12.9. The van der Waals surface area contributed by atoms with Crippen molar-refractivity contribution in [2.24, 2.45) is 17.8 Å². The van der Waals surface area contributed by atoms with Crippen molar-refractivity contribution in [3.63, 3.8) is 0 Å². The van der Waals surface area contributed by atoms with E-state index in [1.807, 2.05) is 25.1 Å². The van der Waals surface area contributed by atoms with Gasteiger partial charge in [0.2, 0.25) is 0 Å². The summed E-state index contributed by atoms with van der Waals surface area (Å²) in [5.74, 6) is 1.13. The van der Waals surface area contributed by atoms with E-state index < -0.39 is 16.6 Å². The molecule has 0 radical (unpaired) electrons. The van der Waals surface area contributed by atoms with Crippen LogP contribution in [0, 0.1) is 17.8 Å². The minimum Gasteiger partial charge on any atom is -0.490 e. The number of benzene rings is 2. The molecule has 2 aliphatic heterocycles. The minimum atomic E-state index is -1.53. The number of carbonyl (C=O) groups excluding carboxylic acids is 1. The molecule has 7 atom stereocenters. The maximum atomic E-state index is 13.4. The summed E-state index contributed by atoms with van der Waals surface area (Å²) in [6.07, 6.45) is 7.59. The number of anilines is 1. The highest BCUT2D eigenvalue weighted by Gasteiger charge is 2.49. The SMILES string of the molecule is CO[C@]1(CO)CCCC(C)C(C)S(=O)NC(=O)c2ccc3c(c2)N(CC2CCC21)C[C@@]1(CCCc2cc(Cl)ccc21)CO3. The van der Waals surface area contributed by atoms with Gasteiger partial charge >= 0.3 is 0 Å². The number of nitrogens with zero attached hydrogens (tertiary/aromatic N) is 1. The van der Waals surface area contributed by atoms with Crippen LogP contribution in [-0.2, 0) is 27.6 Å². The molecule has 0 saturated heterocycles. The molecule has 234 valence electrons. The molecule has 2 N–H and O–H groups in total. The second-order valence-corrected chi connectivity index (χ2v) is 15.4. The van der Waals surface area contributed by atoms with Crippen LogP contribution < -0.4 is 14.4 Å². The van der Waals surface area contributed by atoms with E-state index in [0.717, 1.165) is 80.9 Å². The Balaban J connectivity index is 1.42. The monoisotopic (exact) mass is 628 g/mol. The molecule has 5 unspecified atom stereocenters. The Bertz CT molecular complexity index is 1380. The topological polar surface area (TPSA) is 88.1 Å². The van der Waals surface area contributed by atoms with Gasteiger partial charge in [-0.3, -0.25) is 9.52 Å². The lowest BCUT2D eigenvalue weighted by Gasteiger charge is -2.51. The molecule has 7 nitrogen and oxygen atoms in total. The molecule has 9 heteroatoms. The molecular formula is C34H45ClN2O5S. The van der Waals surface area contributed by atoms with E-state index in [-0.39, 0.29) is 35.0 Å². The van der Waals surface area contributed by atoms with Gasteiger partial charge in [0.1, 0.15) is 16.7 Å². The van der Waals surface area contributed by atoms with Crippen LogP contribution in [0.1, 0.15) is 80.3 Å². The molecule has 2 bridgehead atoms. The van der Waals surface area contributed by atoms with E-state index >= 15 is 0 Å². The number of aryl methyl sites for hydroxylation is 1. The lowest BCUT2D eigenvalue weighted by Crippen LogP contribution is -2.55. The molecule has 2 aromatic carbocycles. The summed E-state index contributed by atoms with van der Waals surface area (Å²) < 4.78 is 28.8. The molecule has 1 saturated carbocycles. The molecule has 6 rings (SSSR count). The Morgan fingerprint density at radius 1 is 1.14 bits per heavy atom. The van der Waals surface area contributed by atoms with E-state index in [4.69, 9.17) is 21.1 Å². The summed E-state index contributed by atoms with van der Waals surface area (Å²) in [4.78, 5) is 15.8. The number of methoxy groups -OCH3 is 1. The highest BCUT2D eigenvalue weighted by molar-refractivity contribution is 7.84. The van der Waals surface area contributed by atoms with E-state index in [2.05, 4.69) is 28.7 Å². The van der Waals surface area contributed by atoms with Crippen LogP contribution in [-0.4, -0.2) is 59.5 Å². The van der Waals surface area contributed by atoms with Gasteiger partial charge in [-0.1, -0.05) is 31.0 Å². The van der Waals surface area contributed by atoms with Crippen LogP contribution in [0.25, 0.3) is 0 Å². The van der Waals surface area contributed by atoms with Crippen molar-refractivity contribution in [2.75, 3.05) is 38.3 Å². The fourth-order valence-corrected chi connectivity index (χ4v) is 9.37. The Hall–Kier alpha value is -2.13. The van der Waals surface area contributed by atoms with E-state index in [9.17, 15) is 14.1 Å². The van der Waals surface area contributed by atoms with Crippen LogP contribution >= 0.6 is 11.6 Å². The first kappa shape index (κ1) is 30.9. The predicted molar refractivity (Wildman–Crippen MR) is 171 cm³/mol. The number of amides is 1. The zero-order valence-electron chi connectivity index (χ0n) is 25.6. The number of carbonyl (C=O) groups is 1. The number of fused-ring (bicyclic) bond motifs is 4. The van der Waals surface area contributed by atoms with Crippen molar-refractivity contribution in [2.45, 2.75) is 81.5 Å². The van der Waals surface area contributed by atoms with Crippen molar-refractivity contribution < 1.29 is 23.6 Å². The molecule has 1 spiro atoms. The Morgan fingerprint density at radius 2 is 1.98 bits per heavy atom. The normalized spacial score (nSPS) is 34.7. The van der Waals surface area contributed by atoms with Crippen molar-refractivity contribution in [1.29, 1.82) is 0 Å². The average molecular weight is 629 g/mol. The van der Waals surface area contributed by atoms with Crippen LogP contribution in [0.15, 0.2) is 36.4 Å². The molecule has 1 amide bonds. The third-order valence-electron chi connectivity index (χ3n) is 11.1. The predicted octanol–water partition coefficient (Wildman–Crippen LogP) is 5.82. The number of aliphatic hydroxyl groups is 1. The lowest BCUT2D eigenvalue weighted by molar-refractivity contribution is -0.141. The number of hydrogen-bond acceptors (Lipinski definition) is 6. The van der Waals surface area contributed by atoms with Crippen LogP contribution in [0.2, 0.25) is 5.02 Å². The standard InChI is InChI=1S/C34H45ClN2O5S/c1-22-6-4-15-34(20-38,41-3)29-11-8-26(29)18-37-19-33(14-5-7-24-16-27(35)10-12-28(24)33)21-42-31-13-9-25(17-30(31)37)32(39)36-43(40)23(22)2/h9-10,12-13,16-17,22-23,26,29,38H,4-8,11,14-15,18-21H2,1-3H3,(H,36,39)/t22?,23?,26?,29?,33-,34-,43?/m0/s1. The van der Waals surface area contributed by atoms with Crippen molar-refractivity contribution >= 4 is 34.2 Å². The summed E-state index contributed by atoms with van der Waals surface area (Å²) in [6.45, 7) is 6.08. The molecule has 2 aromatic rings. The van der Waals surface area contributed by atoms with Crippen LogP contribution in [0.4, 0.5) is 5.69 Å². The van der Waals surface area contributed by atoms with Crippen molar-refractivity contribution in [1.82, 2.24) is 4.72 Å². The highest BCUT2D eigenvalue weighted by atomic mass is 35.5. The summed E-state index contributed by atoms with van der Waals surface area (Å²) in [5.41, 5.74) is 3.13. The average Bonchev–Trinajstić information content (AvgIpc) is 3.14. The lowest BCUT2D eigenvalue weighted by atomic mass is 9.63. The molecule has 4 aliphatic rings. The maximum Gasteiger partial charge on any atom is 0.263 e. The number of halogens is 1. The largest absolute Gasteiger partial charge is 0.490 e. The van der Waals surface area contributed by atoms with Gasteiger partial charge in [-0.05, 0) is 111 Å². The maximum absolute atomic E-state index is 13.4. The van der Waals surface area contributed by atoms with Gasteiger partial charge in [0.15, 0.2) is 0 Å². The Labute approximate surface area is 263 Å². The summed E-state index contributed by atoms with van der Waals surface area (Å²) in [7, 11) is 0.209. The minimum absolute atomic E-state index is 0.0154. The summed E-state index contributed by atoms with van der Waals surface area (Å²) >= 11 is 6.43. The molecule has 2 aliphatic carbocycles. The van der Waals surface area contributed by atoms with Gasteiger partial charge < -0.3 is 19.5 Å². The van der Waals surface area contributed by atoms with E-state index in [0.29, 0.717) is 18.1 Å². The first-order valence-electron chi connectivity index (χ1n) is 15.9. The van der Waals surface area contributed by atoms with Crippen molar-refractivity contribution in [3.8, 4) is 5.75 Å². The fraction of sp³-hybridized carbons (Fsp3) is 0.618. The van der Waals surface area contributed by atoms with Gasteiger partial charge in [-0.15, -0.1) is 0 Å². The first-order valence-corrected chi connectivity index (χ1v) is 17.5. The second-order valence-electron chi connectivity index (χ2n) is 13.5. The Morgan fingerprint density at radius 3 is 2.72 bits per heavy atom. The van der Waals surface area contributed by atoms with Gasteiger partial charge in [0.05, 0.1) is 29.8 Å². The van der Waals surface area contributed by atoms with Gasteiger partial charge in [-0.25, -0.2) is 4.21 Å². The number of ether oxygens (including phenoxy) is 2. The second kappa shape index (κ2) is 12.3. The number of rotatable bonds is 2. The molecule has 1 fully saturated rings. The number of aliphatic hydroxyl groups excluding tert-OH is 1. The smallest absolute Gasteiger partial charge is 0.263 e. The van der Waals surface area contributed by atoms with E-state index in [1.165, 1.54) is 11.1 Å². The number of hydrogen-bond donors (Lipinski definition) is 2. The Kier molecular flexibility index (Phi) is 8.86.